The van der Waals surface area contributed by atoms with Gasteiger partial charge in [0.2, 0.25) is 15.9 Å². The van der Waals surface area contributed by atoms with Crippen LogP contribution in [0.3, 0.4) is 0 Å². The molecule has 12 heteroatoms. The van der Waals surface area contributed by atoms with Gasteiger partial charge < -0.3 is 14.8 Å². The summed E-state index contributed by atoms with van der Waals surface area (Å²) in [6, 6.07) is 10.4. The molecule has 8 nitrogen and oxygen atoms in total. The smallest absolute Gasteiger partial charge is 0.418 e. The van der Waals surface area contributed by atoms with E-state index < -0.39 is 33.6 Å². The molecule has 34 heavy (non-hydrogen) atoms. The van der Waals surface area contributed by atoms with Gasteiger partial charge >= 0.3 is 12.1 Å². The zero-order valence-electron chi connectivity index (χ0n) is 18.0. The number of morpholine rings is 1. The highest BCUT2D eigenvalue weighted by atomic mass is 32.2. The molecular formula is C22H23F3N2O6S. The summed E-state index contributed by atoms with van der Waals surface area (Å²) in [4.78, 5) is 24.0. The molecule has 0 spiro atoms. The second-order valence-corrected chi connectivity index (χ2v) is 9.35. The maximum atomic E-state index is 13.0. The number of para-hydroxylation sites is 1. The van der Waals surface area contributed by atoms with Gasteiger partial charge in [0.15, 0.2) is 0 Å². The van der Waals surface area contributed by atoms with Gasteiger partial charge in [-0.3, -0.25) is 9.59 Å². The van der Waals surface area contributed by atoms with Gasteiger partial charge in [-0.15, -0.1) is 0 Å². The monoisotopic (exact) mass is 500 g/mol. The van der Waals surface area contributed by atoms with E-state index in [2.05, 4.69) is 5.32 Å². The van der Waals surface area contributed by atoms with Crippen LogP contribution in [0.5, 0.6) is 0 Å². The Labute approximate surface area is 194 Å². The molecule has 0 bridgehead atoms. The summed E-state index contributed by atoms with van der Waals surface area (Å²) in [5.74, 6) is -1.48. The number of sulfonamides is 1. The van der Waals surface area contributed by atoms with Crippen LogP contribution in [0.25, 0.3) is 0 Å². The fourth-order valence-electron chi connectivity index (χ4n) is 3.20. The lowest BCUT2D eigenvalue weighted by Crippen LogP contribution is -2.40. The first-order valence-electron chi connectivity index (χ1n) is 10.4. The standard InChI is InChI=1S/C22H23F3N2O6S/c23-22(24,25)18-3-1-2-4-19(18)26-20(28)9-10-21(29)33-15-16-5-7-17(8-6-16)34(30,31)27-11-13-32-14-12-27/h1-8H,9-15H2,(H,26,28). The number of amides is 1. The maximum Gasteiger partial charge on any atom is 0.418 e. The Morgan fingerprint density at radius 1 is 1.00 bits per heavy atom. The number of nitrogens with zero attached hydrogens (tertiary/aromatic N) is 1. The van der Waals surface area contributed by atoms with E-state index in [1.54, 1.807) is 0 Å². The highest BCUT2D eigenvalue weighted by Crippen LogP contribution is 2.34. The molecule has 184 valence electrons. The van der Waals surface area contributed by atoms with Crippen molar-refractivity contribution >= 4 is 27.6 Å². The lowest BCUT2D eigenvalue weighted by atomic mass is 10.1. The van der Waals surface area contributed by atoms with Crippen molar-refractivity contribution in [1.82, 2.24) is 4.31 Å². The summed E-state index contributed by atoms with van der Waals surface area (Å²) < 4.78 is 75.8. The van der Waals surface area contributed by atoms with Gasteiger partial charge in [0.1, 0.15) is 6.61 Å². The second-order valence-electron chi connectivity index (χ2n) is 7.41. The topological polar surface area (TPSA) is 102 Å². The van der Waals surface area contributed by atoms with E-state index >= 15 is 0 Å². The Morgan fingerprint density at radius 2 is 1.65 bits per heavy atom. The van der Waals surface area contributed by atoms with Crippen molar-refractivity contribution < 1.29 is 40.7 Å². The lowest BCUT2D eigenvalue weighted by molar-refractivity contribution is -0.146. The van der Waals surface area contributed by atoms with Crippen molar-refractivity contribution in [3.05, 3.63) is 59.7 Å². The molecule has 3 rings (SSSR count). The number of rotatable bonds is 8. The average molecular weight is 500 g/mol. The molecule has 0 aliphatic carbocycles. The number of alkyl halides is 3. The summed E-state index contributed by atoms with van der Waals surface area (Å²) in [6.07, 6.45) is -5.31. The van der Waals surface area contributed by atoms with Gasteiger partial charge in [0, 0.05) is 19.5 Å². The summed E-state index contributed by atoms with van der Waals surface area (Å²) in [5, 5.41) is 2.16. The Balaban J connectivity index is 1.47. The first-order chi connectivity index (χ1) is 16.1. The molecule has 0 atom stereocenters. The van der Waals surface area contributed by atoms with E-state index in [4.69, 9.17) is 9.47 Å². The van der Waals surface area contributed by atoms with E-state index in [1.807, 2.05) is 0 Å². The van der Waals surface area contributed by atoms with Gasteiger partial charge in [0.05, 0.1) is 35.8 Å². The molecular weight excluding hydrogens is 477 g/mol. The number of esters is 1. The highest BCUT2D eigenvalue weighted by Gasteiger charge is 2.33. The largest absolute Gasteiger partial charge is 0.461 e. The molecule has 1 amide bonds. The number of carbonyl (C=O) groups excluding carboxylic acids is 2. The predicted octanol–water partition coefficient (Wildman–Crippen LogP) is 3.19. The quantitative estimate of drug-likeness (QED) is 0.559. The maximum absolute atomic E-state index is 13.0. The van der Waals surface area contributed by atoms with Gasteiger partial charge in [-0.1, -0.05) is 24.3 Å². The normalized spacial score (nSPS) is 15.0. The van der Waals surface area contributed by atoms with E-state index in [-0.39, 0.29) is 43.1 Å². The van der Waals surface area contributed by atoms with Gasteiger partial charge in [-0.2, -0.15) is 17.5 Å². The van der Waals surface area contributed by atoms with Crippen molar-refractivity contribution in [2.75, 3.05) is 31.6 Å². The first kappa shape index (κ1) is 25.7. The Morgan fingerprint density at radius 3 is 2.29 bits per heavy atom. The zero-order valence-corrected chi connectivity index (χ0v) is 18.8. The molecule has 1 N–H and O–H groups in total. The fourth-order valence-corrected chi connectivity index (χ4v) is 4.61. The number of benzene rings is 2. The van der Waals surface area contributed by atoms with E-state index in [0.29, 0.717) is 18.8 Å². The molecule has 1 aliphatic heterocycles. The van der Waals surface area contributed by atoms with E-state index in [9.17, 15) is 31.2 Å². The van der Waals surface area contributed by atoms with Crippen LogP contribution in [0, 0.1) is 0 Å². The number of carbonyl (C=O) groups is 2. The van der Waals surface area contributed by atoms with Crippen molar-refractivity contribution in [1.29, 1.82) is 0 Å². The molecule has 2 aromatic carbocycles. The van der Waals surface area contributed by atoms with E-state index in [0.717, 1.165) is 12.1 Å². The van der Waals surface area contributed by atoms with Crippen LogP contribution in [0.15, 0.2) is 53.4 Å². The van der Waals surface area contributed by atoms with Crippen molar-refractivity contribution in [3.63, 3.8) is 0 Å². The average Bonchev–Trinajstić information content (AvgIpc) is 2.82. The molecule has 2 aromatic rings. The Hall–Kier alpha value is -2.96. The van der Waals surface area contributed by atoms with Crippen molar-refractivity contribution in [3.8, 4) is 0 Å². The van der Waals surface area contributed by atoms with Crippen molar-refractivity contribution in [2.45, 2.75) is 30.5 Å². The number of halogens is 3. The fraction of sp³-hybridized carbons (Fsp3) is 0.364. The van der Waals surface area contributed by atoms with Gasteiger partial charge in [-0.05, 0) is 29.8 Å². The van der Waals surface area contributed by atoms with Crippen LogP contribution in [-0.4, -0.2) is 50.9 Å². The van der Waals surface area contributed by atoms with Gasteiger partial charge in [0.25, 0.3) is 0 Å². The number of hydrogen-bond acceptors (Lipinski definition) is 6. The number of nitrogens with one attached hydrogen (secondary N) is 1. The minimum atomic E-state index is -4.63. The number of ether oxygens (including phenoxy) is 2. The van der Waals surface area contributed by atoms with Crippen LogP contribution in [0.4, 0.5) is 18.9 Å². The molecule has 0 radical (unpaired) electrons. The number of hydrogen-bond donors (Lipinski definition) is 1. The minimum Gasteiger partial charge on any atom is -0.461 e. The third kappa shape index (κ3) is 6.78. The second kappa shape index (κ2) is 11.0. The van der Waals surface area contributed by atoms with Crippen LogP contribution in [-0.2, 0) is 41.9 Å². The van der Waals surface area contributed by atoms with E-state index in [1.165, 1.54) is 40.7 Å². The van der Waals surface area contributed by atoms with Gasteiger partial charge in [-0.25, -0.2) is 8.42 Å². The first-order valence-corrected chi connectivity index (χ1v) is 11.8. The van der Waals surface area contributed by atoms with Crippen LogP contribution < -0.4 is 5.32 Å². The third-order valence-corrected chi connectivity index (χ3v) is 6.91. The lowest BCUT2D eigenvalue weighted by Gasteiger charge is -2.26. The summed E-state index contributed by atoms with van der Waals surface area (Å²) in [5.41, 5.74) is -0.830. The Kier molecular flexibility index (Phi) is 8.28. The number of anilines is 1. The molecule has 0 unspecified atom stereocenters. The zero-order chi connectivity index (χ0) is 24.8. The molecule has 0 aromatic heterocycles. The molecule has 1 heterocycles. The molecule has 1 fully saturated rings. The van der Waals surface area contributed by atoms with Crippen molar-refractivity contribution in [2.24, 2.45) is 0 Å². The molecule has 1 saturated heterocycles. The van der Waals surface area contributed by atoms with Crippen LogP contribution >= 0.6 is 0 Å². The molecule has 0 saturated carbocycles. The summed E-state index contributed by atoms with van der Waals surface area (Å²) in [6.45, 7) is 1.07. The SMILES string of the molecule is O=C(CCC(=O)OCc1ccc(S(=O)(=O)N2CCOCC2)cc1)Nc1ccccc1C(F)(F)F. The minimum absolute atomic E-state index is 0.111. The van der Waals surface area contributed by atoms with Crippen LogP contribution in [0.2, 0.25) is 0 Å². The van der Waals surface area contributed by atoms with Crippen LogP contribution in [0.1, 0.15) is 24.0 Å². The highest BCUT2D eigenvalue weighted by molar-refractivity contribution is 7.89. The summed E-state index contributed by atoms with van der Waals surface area (Å²) >= 11 is 0. The Bertz CT molecular complexity index is 1110. The predicted molar refractivity (Wildman–Crippen MR) is 115 cm³/mol. The summed E-state index contributed by atoms with van der Waals surface area (Å²) in [7, 11) is -3.64. The third-order valence-electron chi connectivity index (χ3n) is 4.99. The molecule has 1 aliphatic rings.